The van der Waals surface area contributed by atoms with Gasteiger partial charge in [-0.15, -0.1) is 0 Å². The predicted octanol–water partition coefficient (Wildman–Crippen LogP) is 0.721. The van der Waals surface area contributed by atoms with Gasteiger partial charge in [0.1, 0.15) is 0 Å². The molecule has 2 rings (SSSR count). The van der Waals surface area contributed by atoms with Crippen LogP contribution in [-0.2, 0) is 11.2 Å². The fourth-order valence-corrected chi connectivity index (χ4v) is 1.88. The van der Waals surface area contributed by atoms with E-state index in [2.05, 4.69) is 5.32 Å². The van der Waals surface area contributed by atoms with Crippen LogP contribution in [0.2, 0.25) is 0 Å². The fraction of sp³-hybridized carbons (Fsp3) is 0.417. The maximum absolute atomic E-state index is 10.2. The van der Waals surface area contributed by atoms with Crippen molar-refractivity contribution in [2.45, 2.75) is 6.42 Å². The van der Waals surface area contributed by atoms with Crippen LogP contribution in [0.25, 0.3) is 0 Å². The summed E-state index contributed by atoms with van der Waals surface area (Å²) in [7, 11) is 3.11. The Hall–Kier alpha value is -2.11. The molecular formula is C12H15NO5. The van der Waals surface area contributed by atoms with Gasteiger partial charge < -0.3 is 24.3 Å². The topological polar surface area (TPSA) is 66.0 Å². The number of methoxy groups -OCH3 is 2. The zero-order chi connectivity index (χ0) is 13.0. The number of ether oxygens (including phenoxy) is 4. The van der Waals surface area contributed by atoms with Gasteiger partial charge in [0, 0.05) is 12.1 Å². The van der Waals surface area contributed by atoms with E-state index in [1.165, 1.54) is 0 Å². The Morgan fingerprint density at radius 2 is 2.11 bits per heavy atom. The molecule has 18 heavy (non-hydrogen) atoms. The average molecular weight is 253 g/mol. The molecule has 1 N–H and O–H groups in total. The number of nitrogens with one attached hydrogen (secondary N) is 1. The zero-order valence-electron chi connectivity index (χ0n) is 10.3. The molecule has 6 nitrogen and oxygen atoms in total. The van der Waals surface area contributed by atoms with Gasteiger partial charge in [-0.2, -0.15) is 0 Å². The van der Waals surface area contributed by atoms with Gasteiger partial charge >= 0.3 is 0 Å². The zero-order valence-corrected chi connectivity index (χ0v) is 10.3. The number of benzene rings is 1. The summed E-state index contributed by atoms with van der Waals surface area (Å²) >= 11 is 0. The smallest absolute Gasteiger partial charge is 0.231 e. The largest absolute Gasteiger partial charge is 0.493 e. The molecular weight excluding hydrogens is 238 g/mol. The summed E-state index contributed by atoms with van der Waals surface area (Å²) in [6, 6.07) is 1.83. The van der Waals surface area contributed by atoms with Crippen molar-refractivity contribution >= 4 is 6.41 Å². The molecule has 1 aliphatic heterocycles. The lowest BCUT2D eigenvalue weighted by Gasteiger charge is -2.13. The summed E-state index contributed by atoms with van der Waals surface area (Å²) in [5, 5.41) is 2.61. The van der Waals surface area contributed by atoms with Gasteiger partial charge in [-0.1, -0.05) is 0 Å². The SMILES string of the molecule is COc1cc(CCNC=O)c2c(c1OC)OCO2. The third-order valence-electron chi connectivity index (χ3n) is 2.69. The molecule has 0 aromatic heterocycles. The van der Waals surface area contributed by atoms with Gasteiger partial charge in [-0.05, 0) is 12.5 Å². The highest BCUT2D eigenvalue weighted by Gasteiger charge is 2.26. The Labute approximate surface area is 105 Å². The van der Waals surface area contributed by atoms with Crippen LogP contribution in [0.15, 0.2) is 6.07 Å². The highest BCUT2D eigenvalue weighted by Crippen LogP contribution is 2.49. The number of carbonyl (C=O) groups excluding carboxylic acids is 1. The predicted molar refractivity (Wildman–Crippen MR) is 63.4 cm³/mol. The second-order valence-electron chi connectivity index (χ2n) is 3.66. The van der Waals surface area contributed by atoms with Crippen LogP contribution in [0, 0.1) is 0 Å². The van der Waals surface area contributed by atoms with Crippen LogP contribution in [0.4, 0.5) is 0 Å². The van der Waals surface area contributed by atoms with E-state index in [9.17, 15) is 4.79 Å². The van der Waals surface area contributed by atoms with Gasteiger partial charge in [0.05, 0.1) is 14.2 Å². The first kappa shape index (κ1) is 12.3. The van der Waals surface area contributed by atoms with Crippen LogP contribution < -0.4 is 24.3 Å². The number of hydrogen-bond donors (Lipinski definition) is 1. The molecule has 0 aliphatic carbocycles. The molecule has 0 fully saturated rings. The van der Waals surface area contributed by atoms with Crippen molar-refractivity contribution in [3.63, 3.8) is 0 Å². The Kier molecular flexibility index (Phi) is 3.76. The third kappa shape index (κ3) is 2.13. The second kappa shape index (κ2) is 5.48. The van der Waals surface area contributed by atoms with Gasteiger partial charge in [0.2, 0.25) is 24.7 Å². The normalized spacial score (nSPS) is 12.1. The summed E-state index contributed by atoms with van der Waals surface area (Å²) in [6.07, 6.45) is 1.29. The molecule has 0 saturated heterocycles. The number of hydrogen-bond acceptors (Lipinski definition) is 5. The van der Waals surface area contributed by atoms with E-state index in [0.717, 1.165) is 5.56 Å². The van der Waals surface area contributed by atoms with E-state index in [-0.39, 0.29) is 6.79 Å². The maximum atomic E-state index is 10.2. The molecule has 0 unspecified atom stereocenters. The lowest BCUT2D eigenvalue weighted by atomic mass is 10.1. The van der Waals surface area contributed by atoms with Gasteiger partial charge in [0.25, 0.3) is 0 Å². The Bertz CT molecular complexity index is 447. The molecule has 1 aromatic rings. The van der Waals surface area contributed by atoms with E-state index >= 15 is 0 Å². The Balaban J connectivity index is 2.35. The van der Waals surface area contributed by atoms with Crippen molar-refractivity contribution in [1.82, 2.24) is 5.32 Å². The maximum Gasteiger partial charge on any atom is 0.231 e. The highest BCUT2D eigenvalue weighted by molar-refractivity contribution is 5.64. The minimum Gasteiger partial charge on any atom is -0.493 e. The van der Waals surface area contributed by atoms with Crippen LogP contribution in [0.5, 0.6) is 23.0 Å². The Morgan fingerprint density at radius 1 is 1.33 bits per heavy atom. The van der Waals surface area contributed by atoms with Crippen molar-refractivity contribution in [3.05, 3.63) is 11.6 Å². The van der Waals surface area contributed by atoms with E-state index in [1.54, 1.807) is 14.2 Å². The quantitative estimate of drug-likeness (QED) is 0.597. The second-order valence-corrected chi connectivity index (χ2v) is 3.66. The number of rotatable bonds is 6. The minimum absolute atomic E-state index is 0.160. The highest BCUT2D eigenvalue weighted by atomic mass is 16.7. The van der Waals surface area contributed by atoms with Crippen LogP contribution in [0.1, 0.15) is 5.56 Å². The van der Waals surface area contributed by atoms with Crippen LogP contribution >= 0.6 is 0 Å². The molecule has 0 bridgehead atoms. The first-order valence-corrected chi connectivity index (χ1v) is 5.52. The van der Waals surface area contributed by atoms with Crippen molar-refractivity contribution in [1.29, 1.82) is 0 Å². The average Bonchev–Trinajstić information content (AvgIpc) is 2.87. The third-order valence-corrected chi connectivity index (χ3v) is 2.69. The molecule has 98 valence electrons. The molecule has 0 radical (unpaired) electrons. The molecule has 1 aromatic carbocycles. The minimum atomic E-state index is 0.160. The van der Waals surface area contributed by atoms with E-state index in [0.29, 0.717) is 42.4 Å². The van der Waals surface area contributed by atoms with E-state index in [1.807, 2.05) is 6.07 Å². The van der Waals surface area contributed by atoms with E-state index < -0.39 is 0 Å². The first-order valence-electron chi connectivity index (χ1n) is 5.52. The standard InChI is InChI=1S/C12H15NO5/c1-15-9-5-8(3-4-13-6-14)10-12(11(9)16-2)18-7-17-10/h5-6H,3-4,7H2,1-2H3,(H,13,14). The van der Waals surface area contributed by atoms with Crippen molar-refractivity contribution in [2.24, 2.45) is 0 Å². The molecule has 1 heterocycles. The molecule has 0 atom stereocenters. The summed E-state index contributed by atoms with van der Waals surface area (Å²) in [6.45, 7) is 0.682. The lowest BCUT2D eigenvalue weighted by molar-refractivity contribution is -0.109. The molecule has 0 saturated carbocycles. The van der Waals surface area contributed by atoms with Gasteiger partial charge in [0.15, 0.2) is 11.5 Å². The molecule has 0 spiro atoms. The van der Waals surface area contributed by atoms with E-state index in [4.69, 9.17) is 18.9 Å². The van der Waals surface area contributed by atoms with Gasteiger partial charge in [-0.25, -0.2) is 0 Å². The summed E-state index contributed by atoms with van der Waals surface area (Å²) in [5.74, 6) is 2.32. The first-order chi connectivity index (χ1) is 8.81. The Morgan fingerprint density at radius 3 is 2.78 bits per heavy atom. The molecule has 1 aliphatic rings. The fourth-order valence-electron chi connectivity index (χ4n) is 1.88. The summed E-state index contributed by atoms with van der Waals surface area (Å²) in [5.41, 5.74) is 0.912. The number of fused-ring (bicyclic) bond motifs is 1. The van der Waals surface area contributed by atoms with Crippen LogP contribution in [0.3, 0.4) is 0 Å². The molecule has 6 heteroatoms. The van der Waals surface area contributed by atoms with Crippen molar-refractivity contribution in [2.75, 3.05) is 27.6 Å². The summed E-state index contributed by atoms with van der Waals surface area (Å²) < 4.78 is 21.3. The number of amides is 1. The van der Waals surface area contributed by atoms with Crippen LogP contribution in [-0.4, -0.2) is 34.0 Å². The van der Waals surface area contributed by atoms with Crippen molar-refractivity contribution < 1.29 is 23.7 Å². The summed E-state index contributed by atoms with van der Waals surface area (Å²) in [4.78, 5) is 10.2. The molecule has 1 amide bonds. The lowest BCUT2D eigenvalue weighted by Crippen LogP contribution is -2.14. The number of carbonyl (C=O) groups is 1. The monoisotopic (exact) mass is 253 g/mol. The van der Waals surface area contributed by atoms with Gasteiger partial charge in [-0.3, -0.25) is 4.79 Å². The van der Waals surface area contributed by atoms with Crippen molar-refractivity contribution in [3.8, 4) is 23.0 Å².